The molecule has 0 aromatic heterocycles. The SMILES string of the molecule is CC(C)CCN1CC[C@H](CO)[C@H](NC(=O)c2ccccc2)C1. The van der Waals surface area contributed by atoms with Gasteiger partial charge in [0.2, 0.25) is 0 Å². The molecule has 1 fully saturated rings. The lowest BCUT2D eigenvalue weighted by atomic mass is 9.91. The van der Waals surface area contributed by atoms with Gasteiger partial charge in [0.05, 0.1) is 0 Å². The molecular weight excluding hydrogens is 276 g/mol. The summed E-state index contributed by atoms with van der Waals surface area (Å²) < 4.78 is 0. The number of amides is 1. The first-order valence-electron chi connectivity index (χ1n) is 8.29. The van der Waals surface area contributed by atoms with Crippen LogP contribution in [0.15, 0.2) is 30.3 Å². The summed E-state index contributed by atoms with van der Waals surface area (Å²) in [5.41, 5.74) is 0.679. The van der Waals surface area contributed by atoms with Gasteiger partial charge in [0.1, 0.15) is 0 Å². The van der Waals surface area contributed by atoms with Crippen molar-refractivity contribution in [2.24, 2.45) is 11.8 Å². The first kappa shape index (κ1) is 17.0. The molecule has 0 radical (unpaired) electrons. The fraction of sp³-hybridized carbons (Fsp3) is 0.611. The second-order valence-electron chi connectivity index (χ2n) is 6.66. The first-order chi connectivity index (χ1) is 10.6. The summed E-state index contributed by atoms with van der Waals surface area (Å²) in [6.07, 6.45) is 2.11. The molecule has 0 spiro atoms. The van der Waals surface area contributed by atoms with Crippen molar-refractivity contribution in [3.8, 4) is 0 Å². The zero-order valence-corrected chi connectivity index (χ0v) is 13.7. The van der Waals surface area contributed by atoms with Crippen molar-refractivity contribution in [2.75, 3.05) is 26.2 Å². The Labute approximate surface area is 133 Å². The van der Waals surface area contributed by atoms with E-state index >= 15 is 0 Å². The van der Waals surface area contributed by atoms with E-state index in [9.17, 15) is 9.90 Å². The number of nitrogens with zero attached hydrogens (tertiary/aromatic N) is 1. The van der Waals surface area contributed by atoms with Crippen LogP contribution in [0, 0.1) is 11.8 Å². The summed E-state index contributed by atoms with van der Waals surface area (Å²) in [7, 11) is 0. The molecular formula is C18H28N2O2. The molecule has 0 unspecified atom stereocenters. The Balaban J connectivity index is 1.94. The van der Waals surface area contributed by atoms with Gasteiger partial charge in [-0.1, -0.05) is 32.0 Å². The molecule has 4 nitrogen and oxygen atoms in total. The number of aliphatic hydroxyl groups is 1. The lowest BCUT2D eigenvalue weighted by Crippen LogP contribution is -2.53. The monoisotopic (exact) mass is 304 g/mol. The van der Waals surface area contributed by atoms with Gasteiger partial charge in [-0.3, -0.25) is 4.79 Å². The minimum Gasteiger partial charge on any atom is -0.396 e. The smallest absolute Gasteiger partial charge is 0.251 e. The Morgan fingerprint density at radius 2 is 2.09 bits per heavy atom. The van der Waals surface area contributed by atoms with Crippen molar-refractivity contribution < 1.29 is 9.90 Å². The highest BCUT2D eigenvalue weighted by molar-refractivity contribution is 5.94. The quantitative estimate of drug-likeness (QED) is 0.846. The number of piperidine rings is 1. The number of rotatable bonds is 6. The average molecular weight is 304 g/mol. The zero-order chi connectivity index (χ0) is 15.9. The van der Waals surface area contributed by atoms with Gasteiger partial charge in [0.15, 0.2) is 0 Å². The van der Waals surface area contributed by atoms with E-state index in [0.29, 0.717) is 11.5 Å². The number of hydrogen-bond acceptors (Lipinski definition) is 3. The van der Waals surface area contributed by atoms with Crippen LogP contribution in [0.4, 0.5) is 0 Å². The van der Waals surface area contributed by atoms with Crippen LogP contribution >= 0.6 is 0 Å². The van der Waals surface area contributed by atoms with Crippen molar-refractivity contribution >= 4 is 5.91 Å². The summed E-state index contributed by atoms with van der Waals surface area (Å²) in [5.74, 6) is 0.797. The highest BCUT2D eigenvalue weighted by Gasteiger charge is 2.30. The van der Waals surface area contributed by atoms with Gasteiger partial charge in [-0.15, -0.1) is 0 Å². The van der Waals surface area contributed by atoms with Gasteiger partial charge in [0.25, 0.3) is 5.91 Å². The predicted octanol–water partition coefficient (Wildman–Crippen LogP) is 2.15. The van der Waals surface area contributed by atoms with Crippen LogP contribution in [0.5, 0.6) is 0 Å². The van der Waals surface area contributed by atoms with Crippen molar-refractivity contribution in [2.45, 2.75) is 32.7 Å². The third-order valence-corrected chi connectivity index (χ3v) is 4.45. The zero-order valence-electron chi connectivity index (χ0n) is 13.7. The second-order valence-corrected chi connectivity index (χ2v) is 6.66. The molecule has 1 heterocycles. The van der Waals surface area contributed by atoms with Gasteiger partial charge in [-0.2, -0.15) is 0 Å². The van der Waals surface area contributed by atoms with Crippen molar-refractivity contribution in [1.29, 1.82) is 0 Å². The fourth-order valence-corrected chi connectivity index (χ4v) is 2.94. The van der Waals surface area contributed by atoms with Crippen LogP contribution in [-0.4, -0.2) is 48.2 Å². The summed E-state index contributed by atoms with van der Waals surface area (Å²) in [4.78, 5) is 14.7. The molecule has 1 aromatic carbocycles. The molecule has 1 aliphatic rings. The molecule has 1 aromatic rings. The van der Waals surface area contributed by atoms with E-state index in [2.05, 4.69) is 24.1 Å². The molecule has 1 saturated heterocycles. The Morgan fingerprint density at radius 3 is 2.73 bits per heavy atom. The predicted molar refractivity (Wildman–Crippen MR) is 88.8 cm³/mol. The molecule has 1 amide bonds. The van der Waals surface area contributed by atoms with Crippen molar-refractivity contribution in [3.63, 3.8) is 0 Å². The Hall–Kier alpha value is -1.39. The van der Waals surface area contributed by atoms with E-state index in [-0.39, 0.29) is 24.5 Å². The van der Waals surface area contributed by atoms with Crippen LogP contribution in [-0.2, 0) is 0 Å². The van der Waals surface area contributed by atoms with E-state index in [1.54, 1.807) is 0 Å². The van der Waals surface area contributed by atoms with Crippen LogP contribution in [0.3, 0.4) is 0 Å². The summed E-state index contributed by atoms with van der Waals surface area (Å²) in [6, 6.07) is 9.31. The minimum atomic E-state index is -0.0465. The molecule has 0 bridgehead atoms. The van der Waals surface area contributed by atoms with Gasteiger partial charge < -0.3 is 15.3 Å². The number of benzene rings is 1. The van der Waals surface area contributed by atoms with E-state index in [4.69, 9.17) is 0 Å². The number of carbonyl (C=O) groups is 1. The van der Waals surface area contributed by atoms with E-state index in [1.165, 1.54) is 6.42 Å². The van der Waals surface area contributed by atoms with Gasteiger partial charge in [0, 0.05) is 30.7 Å². The van der Waals surface area contributed by atoms with E-state index < -0.39 is 0 Å². The normalized spacial score (nSPS) is 22.7. The third-order valence-electron chi connectivity index (χ3n) is 4.45. The van der Waals surface area contributed by atoms with Crippen LogP contribution in [0.2, 0.25) is 0 Å². The summed E-state index contributed by atoms with van der Waals surface area (Å²) in [6.45, 7) is 7.50. The Morgan fingerprint density at radius 1 is 1.36 bits per heavy atom. The van der Waals surface area contributed by atoms with Gasteiger partial charge >= 0.3 is 0 Å². The maximum atomic E-state index is 12.3. The minimum absolute atomic E-state index is 0.0265. The van der Waals surface area contributed by atoms with Crippen LogP contribution in [0.25, 0.3) is 0 Å². The molecule has 0 aliphatic carbocycles. The van der Waals surface area contributed by atoms with Crippen LogP contribution in [0.1, 0.15) is 37.0 Å². The third kappa shape index (κ3) is 4.82. The van der Waals surface area contributed by atoms with Crippen molar-refractivity contribution in [3.05, 3.63) is 35.9 Å². The van der Waals surface area contributed by atoms with Gasteiger partial charge in [-0.05, 0) is 44.0 Å². The molecule has 122 valence electrons. The maximum absolute atomic E-state index is 12.3. The number of nitrogens with one attached hydrogen (secondary N) is 1. The molecule has 0 saturated carbocycles. The van der Waals surface area contributed by atoms with E-state index in [0.717, 1.165) is 26.1 Å². The molecule has 4 heteroatoms. The fourth-order valence-electron chi connectivity index (χ4n) is 2.94. The molecule has 2 N–H and O–H groups in total. The standard InChI is InChI=1S/C18H28N2O2/c1-14(2)8-10-20-11-9-16(13-21)17(12-20)19-18(22)15-6-4-3-5-7-15/h3-7,14,16-17,21H,8-13H2,1-2H3,(H,19,22)/t16-,17-/m1/s1. The summed E-state index contributed by atoms with van der Waals surface area (Å²) >= 11 is 0. The maximum Gasteiger partial charge on any atom is 0.251 e. The largest absolute Gasteiger partial charge is 0.396 e. The number of likely N-dealkylation sites (tertiary alicyclic amines) is 1. The van der Waals surface area contributed by atoms with E-state index in [1.807, 2.05) is 30.3 Å². The number of hydrogen-bond donors (Lipinski definition) is 2. The number of carbonyl (C=O) groups excluding carboxylic acids is 1. The van der Waals surface area contributed by atoms with Gasteiger partial charge in [-0.25, -0.2) is 0 Å². The average Bonchev–Trinajstić information content (AvgIpc) is 2.54. The second kappa shape index (κ2) is 8.30. The molecule has 22 heavy (non-hydrogen) atoms. The first-order valence-corrected chi connectivity index (χ1v) is 8.29. The molecule has 2 atom stereocenters. The lowest BCUT2D eigenvalue weighted by molar-refractivity contribution is 0.0736. The Kier molecular flexibility index (Phi) is 6.40. The topological polar surface area (TPSA) is 52.6 Å². The highest BCUT2D eigenvalue weighted by Crippen LogP contribution is 2.19. The van der Waals surface area contributed by atoms with Crippen LogP contribution < -0.4 is 5.32 Å². The van der Waals surface area contributed by atoms with Crippen molar-refractivity contribution in [1.82, 2.24) is 10.2 Å². The summed E-state index contributed by atoms with van der Waals surface area (Å²) in [5, 5.41) is 12.7. The molecule has 1 aliphatic heterocycles. The molecule has 2 rings (SSSR count). The highest BCUT2D eigenvalue weighted by atomic mass is 16.3. The lowest BCUT2D eigenvalue weighted by Gasteiger charge is -2.38. The Bertz CT molecular complexity index is 461. The number of aliphatic hydroxyl groups excluding tert-OH is 1.